The number of benzene rings is 3. The molecule has 7 heteroatoms. The third kappa shape index (κ3) is 5.11. The van der Waals surface area contributed by atoms with E-state index in [2.05, 4.69) is 0 Å². The van der Waals surface area contributed by atoms with E-state index in [-0.39, 0.29) is 11.7 Å². The van der Waals surface area contributed by atoms with Crippen molar-refractivity contribution in [1.29, 1.82) is 0 Å². The average Bonchev–Trinajstić information content (AvgIpc) is 2.89. The van der Waals surface area contributed by atoms with Gasteiger partial charge in [-0.2, -0.15) is 0 Å². The van der Waals surface area contributed by atoms with E-state index in [4.69, 9.17) is 14.5 Å². The lowest BCUT2D eigenvalue weighted by Gasteiger charge is -2.26. The van der Waals surface area contributed by atoms with Gasteiger partial charge in [0.2, 0.25) is 0 Å². The molecule has 0 bridgehead atoms. The number of pyridine rings is 1. The monoisotopic (exact) mass is 517 g/mol. The number of ether oxygens (including phenoxy) is 2. The zero-order valence-corrected chi connectivity index (χ0v) is 21.6. The summed E-state index contributed by atoms with van der Waals surface area (Å²) in [7, 11) is 0. The Morgan fingerprint density at radius 1 is 0.974 bits per heavy atom. The third-order valence-corrected chi connectivity index (χ3v) is 6.62. The van der Waals surface area contributed by atoms with Crippen LogP contribution in [-0.2, 0) is 9.47 Å². The molecule has 0 saturated carbocycles. The molecule has 0 spiro atoms. The largest absolute Gasteiger partial charge is 0.507 e. The molecule has 38 heavy (non-hydrogen) atoms. The van der Waals surface area contributed by atoms with Crippen molar-refractivity contribution in [3.05, 3.63) is 83.6 Å². The molecule has 1 aromatic heterocycles. The van der Waals surface area contributed by atoms with Crippen LogP contribution >= 0.6 is 0 Å². The number of hydrogen-bond donors (Lipinski definition) is 1. The van der Waals surface area contributed by atoms with Crippen LogP contribution in [-0.4, -0.2) is 34.9 Å². The summed E-state index contributed by atoms with van der Waals surface area (Å²) in [5.74, 6) is -2.35. The molecule has 0 radical (unpaired) electrons. The molecule has 1 aliphatic rings. The van der Waals surface area contributed by atoms with Gasteiger partial charge in [0.15, 0.2) is 11.6 Å². The van der Waals surface area contributed by atoms with Crippen molar-refractivity contribution >= 4 is 16.7 Å². The molecule has 1 N–H and O–H groups in total. The molecule has 3 aromatic carbocycles. The smallest absolute Gasteiger partial charge is 0.338 e. The number of esters is 1. The molecule has 2 heterocycles. The number of nitrogens with zero attached hydrogens (tertiary/aromatic N) is 1. The number of rotatable bonds is 4. The van der Waals surface area contributed by atoms with Crippen LogP contribution in [0.5, 0.6) is 5.75 Å². The highest BCUT2D eigenvalue weighted by molar-refractivity contribution is 6.07. The van der Waals surface area contributed by atoms with E-state index in [1.165, 1.54) is 12.1 Å². The van der Waals surface area contributed by atoms with Crippen LogP contribution in [0.1, 0.15) is 55.6 Å². The summed E-state index contributed by atoms with van der Waals surface area (Å²) < 4.78 is 39.4. The van der Waals surface area contributed by atoms with Crippen LogP contribution in [0.25, 0.3) is 33.2 Å². The molecule has 0 aliphatic carbocycles. The topological polar surface area (TPSA) is 68.7 Å². The second-order valence-electron chi connectivity index (χ2n) is 10.5. The van der Waals surface area contributed by atoms with E-state index >= 15 is 0 Å². The molecule has 196 valence electrons. The Labute approximate surface area is 220 Å². The SMILES string of the molecule is CC(C)(C)OC(=O)c1cccc(-c2nc(C3CCOCC3)c(-c3ccc(F)c(F)c3)c3cccc(O)c23)c1. The van der Waals surface area contributed by atoms with E-state index in [0.717, 1.165) is 11.8 Å². The van der Waals surface area contributed by atoms with Gasteiger partial charge in [-0.1, -0.05) is 30.3 Å². The minimum absolute atomic E-state index is 0.00460. The first-order valence-electron chi connectivity index (χ1n) is 12.6. The van der Waals surface area contributed by atoms with Crippen molar-refractivity contribution < 1.29 is 28.2 Å². The molecule has 5 rings (SSSR count). The van der Waals surface area contributed by atoms with Crippen LogP contribution in [0.15, 0.2) is 60.7 Å². The van der Waals surface area contributed by atoms with Gasteiger partial charge in [0, 0.05) is 30.3 Å². The van der Waals surface area contributed by atoms with Crippen molar-refractivity contribution in [3.8, 4) is 28.1 Å². The first-order chi connectivity index (χ1) is 18.1. The number of aromatic nitrogens is 1. The van der Waals surface area contributed by atoms with Crippen LogP contribution in [0.2, 0.25) is 0 Å². The lowest BCUT2D eigenvalue weighted by atomic mass is 9.86. The quantitative estimate of drug-likeness (QED) is 0.286. The number of aromatic hydroxyl groups is 1. The average molecular weight is 518 g/mol. The Balaban J connectivity index is 1.78. The minimum atomic E-state index is -0.956. The lowest BCUT2D eigenvalue weighted by molar-refractivity contribution is 0.00695. The first kappa shape index (κ1) is 25.8. The number of fused-ring (bicyclic) bond motifs is 1. The van der Waals surface area contributed by atoms with Gasteiger partial charge in [0.1, 0.15) is 11.4 Å². The van der Waals surface area contributed by atoms with E-state index in [0.29, 0.717) is 64.8 Å². The molecule has 0 amide bonds. The van der Waals surface area contributed by atoms with Crippen LogP contribution in [0.4, 0.5) is 8.78 Å². The van der Waals surface area contributed by atoms with Crippen molar-refractivity contribution in [2.24, 2.45) is 0 Å². The Hall–Kier alpha value is -3.84. The summed E-state index contributed by atoms with van der Waals surface area (Å²) in [4.78, 5) is 17.9. The van der Waals surface area contributed by atoms with Crippen molar-refractivity contribution in [2.75, 3.05) is 13.2 Å². The summed E-state index contributed by atoms with van der Waals surface area (Å²) in [6, 6.07) is 15.9. The predicted octanol–water partition coefficient (Wildman–Crippen LogP) is 7.40. The normalized spacial score (nSPS) is 14.6. The predicted molar refractivity (Wildman–Crippen MR) is 142 cm³/mol. The summed E-state index contributed by atoms with van der Waals surface area (Å²) in [6.07, 6.45) is 1.43. The molecule has 1 fully saturated rings. The molecule has 0 atom stereocenters. The number of phenolic OH excluding ortho intramolecular Hbond substituents is 1. The number of phenols is 1. The molecule has 1 aliphatic heterocycles. The molecule has 5 nitrogen and oxygen atoms in total. The fourth-order valence-electron chi connectivity index (χ4n) is 4.93. The minimum Gasteiger partial charge on any atom is -0.507 e. The van der Waals surface area contributed by atoms with Crippen LogP contribution in [0, 0.1) is 11.6 Å². The molecule has 4 aromatic rings. The standard InChI is InChI=1S/C31H29F2NO4/c1-31(2,3)38-30(36)21-7-4-6-20(16-21)29-27-22(8-5-9-25(27)35)26(19-10-11-23(32)24(33)17-19)28(34-29)18-12-14-37-15-13-18/h4-11,16-18,35H,12-15H2,1-3H3. The second kappa shape index (κ2) is 10.1. The van der Waals surface area contributed by atoms with E-state index in [9.17, 15) is 18.7 Å². The highest BCUT2D eigenvalue weighted by Gasteiger charge is 2.27. The number of carbonyl (C=O) groups excluding carboxylic acids is 1. The fourth-order valence-corrected chi connectivity index (χ4v) is 4.93. The van der Waals surface area contributed by atoms with E-state index < -0.39 is 23.2 Å². The van der Waals surface area contributed by atoms with Gasteiger partial charge in [-0.05, 0) is 74.9 Å². The highest BCUT2D eigenvalue weighted by atomic mass is 19.2. The third-order valence-electron chi connectivity index (χ3n) is 6.62. The Bertz CT molecular complexity index is 1520. The molecule has 1 saturated heterocycles. The van der Waals surface area contributed by atoms with Gasteiger partial charge in [0.25, 0.3) is 0 Å². The van der Waals surface area contributed by atoms with Gasteiger partial charge in [-0.15, -0.1) is 0 Å². The Morgan fingerprint density at radius 2 is 1.71 bits per heavy atom. The van der Waals surface area contributed by atoms with Crippen molar-refractivity contribution in [1.82, 2.24) is 4.98 Å². The van der Waals surface area contributed by atoms with E-state index in [1.807, 2.05) is 12.1 Å². The summed E-state index contributed by atoms with van der Waals surface area (Å²) >= 11 is 0. The van der Waals surface area contributed by atoms with Crippen LogP contribution in [0.3, 0.4) is 0 Å². The van der Waals surface area contributed by atoms with Gasteiger partial charge >= 0.3 is 5.97 Å². The summed E-state index contributed by atoms with van der Waals surface area (Å²) in [5.41, 5.74) is 2.67. The Morgan fingerprint density at radius 3 is 2.42 bits per heavy atom. The number of hydrogen-bond acceptors (Lipinski definition) is 5. The first-order valence-corrected chi connectivity index (χ1v) is 12.6. The number of carbonyl (C=O) groups is 1. The van der Waals surface area contributed by atoms with E-state index in [1.54, 1.807) is 51.1 Å². The zero-order valence-electron chi connectivity index (χ0n) is 21.6. The van der Waals surface area contributed by atoms with Crippen molar-refractivity contribution in [2.45, 2.75) is 45.1 Å². The van der Waals surface area contributed by atoms with Gasteiger partial charge in [-0.3, -0.25) is 4.98 Å². The Kier molecular flexibility index (Phi) is 6.88. The fraction of sp³-hybridized carbons (Fsp3) is 0.290. The van der Waals surface area contributed by atoms with Gasteiger partial charge < -0.3 is 14.6 Å². The van der Waals surface area contributed by atoms with Gasteiger partial charge in [0.05, 0.1) is 22.3 Å². The van der Waals surface area contributed by atoms with Gasteiger partial charge in [-0.25, -0.2) is 13.6 Å². The summed E-state index contributed by atoms with van der Waals surface area (Å²) in [5, 5.41) is 12.2. The lowest BCUT2D eigenvalue weighted by Crippen LogP contribution is -2.23. The summed E-state index contributed by atoms with van der Waals surface area (Å²) in [6.45, 7) is 6.54. The van der Waals surface area contributed by atoms with Crippen molar-refractivity contribution in [3.63, 3.8) is 0 Å². The molecule has 0 unspecified atom stereocenters. The second-order valence-corrected chi connectivity index (χ2v) is 10.5. The number of halogens is 2. The maximum Gasteiger partial charge on any atom is 0.338 e. The zero-order chi connectivity index (χ0) is 27.0. The molecular weight excluding hydrogens is 488 g/mol. The highest BCUT2D eigenvalue weighted by Crippen LogP contribution is 2.44. The maximum atomic E-state index is 14.4. The molecular formula is C31H29F2NO4. The maximum absolute atomic E-state index is 14.4. The van der Waals surface area contributed by atoms with Crippen LogP contribution < -0.4 is 0 Å².